The molecule has 54 heavy (non-hydrogen) atoms. The minimum Gasteiger partial charge on any atom is -0.354 e. The molecule has 13 nitrogen and oxygen atoms in total. The maximum atomic E-state index is 14.9. The summed E-state index contributed by atoms with van der Waals surface area (Å²) in [5.74, 6) is -3.38. The van der Waals surface area contributed by atoms with E-state index < -0.39 is 59.0 Å². The molecule has 1 aromatic heterocycles. The van der Waals surface area contributed by atoms with Gasteiger partial charge in [-0.1, -0.05) is 66.2 Å². The Morgan fingerprint density at radius 1 is 0.852 bits per heavy atom. The molecule has 5 amide bonds. The van der Waals surface area contributed by atoms with Gasteiger partial charge < -0.3 is 31.2 Å². The molecule has 4 fully saturated rings. The molecule has 1 saturated heterocycles. The number of nitrogens with one attached hydrogen (secondary N) is 5. The van der Waals surface area contributed by atoms with E-state index in [4.69, 9.17) is 0 Å². The van der Waals surface area contributed by atoms with Crippen LogP contribution in [0, 0.1) is 31.1 Å². The van der Waals surface area contributed by atoms with Gasteiger partial charge >= 0.3 is 0 Å². The molecule has 4 aliphatic rings. The predicted molar refractivity (Wildman–Crippen MR) is 203 cm³/mol. The van der Waals surface area contributed by atoms with Crippen molar-refractivity contribution in [3.63, 3.8) is 0 Å². The number of Topliss-reactive ketones (excluding diaryl/α,β-unsaturated/α-hetero) is 2. The van der Waals surface area contributed by atoms with Crippen LogP contribution in [0.4, 0.5) is 0 Å². The fourth-order valence-electron chi connectivity index (χ4n) is 9.09. The molecule has 1 aliphatic heterocycles. The first-order chi connectivity index (χ1) is 25.5. The second-order valence-corrected chi connectivity index (χ2v) is 17.4. The van der Waals surface area contributed by atoms with Crippen LogP contribution >= 0.6 is 0 Å². The van der Waals surface area contributed by atoms with E-state index in [1.54, 1.807) is 18.7 Å². The third-order valence-electron chi connectivity index (χ3n) is 12.1. The molecular weight excluding hydrogens is 688 g/mol. The van der Waals surface area contributed by atoms with Crippen LogP contribution in [0.3, 0.4) is 0 Å². The quantitative estimate of drug-likeness (QED) is 0.138. The molecule has 5 rings (SSSR count). The first kappa shape index (κ1) is 41.1. The fraction of sp³-hybridized carbons (Fsp3) is 0.732. The van der Waals surface area contributed by atoms with Gasteiger partial charge in [0.2, 0.25) is 23.5 Å². The van der Waals surface area contributed by atoms with Gasteiger partial charge in [0.05, 0.1) is 6.04 Å². The number of likely N-dealkylation sites (tertiary alicyclic amines) is 1. The van der Waals surface area contributed by atoms with Crippen LogP contribution in [0.25, 0.3) is 0 Å². The summed E-state index contributed by atoms with van der Waals surface area (Å²) in [6, 6.07) is -4.03. The van der Waals surface area contributed by atoms with E-state index in [0.717, 1.165) is 70.6 Å². The molecule has 3 saturated carbocycles. The smallest absolute Gasteiger partial charge is 0.289 e. The van der Waals surface area contributed by atoms with Crippen LogP contribution in [0.15, 0.2) is 0 Å². The van der Waals surface area contributed by atoms with Gasteiger partial charge in [-0.3, -0.25) is 33.6 Å². The van der Waals surface area contributed by atoms with Crippen LogP contribution in [0.5, 0.6) is 0 Å². The van der Waals surface area contributed by atoms with Crippen LogP contribution in [-0.2, 0) is 24.0 Å². The van der Waals surface area contributed by atoms with E-state index >= 15 is 0 Å². The number of carbonyl (C=O) groups excluding carboxylic acids is 7. The Hall–Kier alpha value is -4.03. The highest BCUT2D eigenvalue weighted by molar-refractivity contribution is 6.38. The number of aromatic amines is 1. The molecule has 3 aliphatic carbocycles. The van der Waals surface area contributed by atoms with Crippen LogP contribution in [-0.4, -0.2) is 87.2 Å². The number of aryl methyl sites for hydroxylation is 1. The summed E-state index contributed by atoms with van der Waals surface area (Å²) in [4.78, 5) is 100. The van der Waals surface area contributed by atoms with Gasteiger partial charge in [-0.05, 0) is 95.0 Å². The van der Waals surface area contributed by atoms with E-state index in [2.05, 4.69) is 26.3 Å². The Labute approximate surface area is 319 Å². The summed E-state index contributed by atoms with van der Waals surface area (Å²) in [5, 5.41) is 11.6. The molecule has 0 radical (unpaired) electrons. The number of amides is 5. The second-order valence-electron chi connectivity index (χ2n) is 17.4. The van der Waals surface area contributed by atoms with Crippen LogP contribution in [0.2, 0.25) is 0 Å². The van der Waals surface area contributed by atoms with Crippen molar-refractivity contribution in [2.24, 2.45) is 17.3 Å². The Bertz CT molecular complexity index is 1620. The first-order valence-electron chi connectivity index (χ1n) is 20.3. The average molecular weight is 751 g/mol. The first-order valence-corrected chi connectivity index (χ1v) is 20.3. The highest BCUT2D eigenvalue weighted by Crippen LogP contribution is 2.41. The molecule has 298 valence electrons. The molecule has 6 atom stereocenters. The zero-order valence-corrected chi connectivity index (χ0v) is 33.3. The zero-order valence-electron chi connectivity index (χ0n) is 33.3. The van der Waals surface area contributed by atoms with Crippen molar-refractivity contribution in [1.82, 2.24) is 31.2 Å². The number of hydrogen-bond acceptors (Lipinski definition) is 7. The third-order valence-corrected chi connectivity index (χ3v) is 12.1. The molecule has 0 spiro atoms. The lowest BCUT2D eigenvalue weighted by Gasteiger charge is -2.40. The van der Waals surface area contributed by atoms with Crippen LogP contribution in [0.1, 0.15) is 157 Å². The highest BCUT2D eigenvalue weighted by Gasteiger charge is 2.51. The second kappa shape index (κ2) is 17.2. The largest absolute Gasteiger partial charge is 0.354 e. The normalized spacial score (nSPS) is 23.4. The Morgan fingerprint density at radius 2 is 1.50 bits per heavy atom. The number of hydrogen-bond donors (Lipinski definition) is 5. The number of H-pyrrole nitrogens is 1. The van der Waals surface area contributed by atoms with Gasteiger partial charge in [0.15, 0.2) is 5.78 Å². The van der Waals surface area contributed by atoms with Gasteiger partial charge in [-0.15, -0.1) is 0 Å². The van der Waals surface area contributed by atoms with E-state index in [0.29, 0.717) is 36.1 Å². The van der Waals surface area contributed by atoms with Gasteiger partial charge in [-0.25, -0.2) is 0 Å². The maximum Gasteiger partial charge on any atom is 0.289 e. The highest BCUT2D eigenvalue weighted by atomic mass is 16.2. The van der Waals surface area contributed by atoms with Gasteiger partial charge in [-0.2, -0.15) is 0 Å². The molecule has 0 bridgehead atoms. The van der Waals surface area contributed by atoms with Crippen molar-refractivity contribution in [2.45, 2.75) is 175 Å². The van der Waals surface area contributed by atoms with Crippen molar-refractivity contribution < 1.29 is 33.6 Å². The minimum atomic E-state index is -1.03. The van der Waals surface area contributed by atoms with Crippen molar-refractivity contribution in [3.8, 4) is 0 Å². The molecule has 1 aromatic rings. The summed E-state index contributed by atoms with van der Waals surface area (Å²) in [6.45, 7) is 12.4. The third kappa shape index (κ3) is 9.25. The Kier molecular flexibility index (Phi) is 13.1. The van der Waals surface area contributed by atoms with E-state index in [1.807, 2.05) is 27.7 Å². The molecule has 0 aromatic carbocycles. The topological polar surface area (TPSA) is 187 Å². The van der Waals surface area contributed by atoms with Gasteiger partial charge in [0.1, 0.15) is 23.8 Å². The summed E-state index contributed by atoms with van der Waals surface area (Å²) in [5.41, 5.74) is 1.02. The Morgan fingerprint density at radius 3 is 2.09 bits per heavy atom. The molecule has 2 heterocycles. The zero-order chi connectivity index (χ0) is 39.5. The van der Waals surface area contributed by atoms with Crippen molar-refractivity contribution in [1.29, 1.82) is 0 Å². The van der Waals surface area contributed by atoms with Crippen molar-refractivity contribution in [3.05, 3.63) is 22.5 Å². The fourth-order valence-corrected chi connectivity index (χ4v) is 9.09. The lowest BCUT2D eigenvalue weighted by Crippen LogP contribution is -2.63. The average Bonchev–Trinajstić information content (AvgIpc) is 3.77. The number of fused-ring (bicyclic) bond motifs is 1. The molecule has 1 unspecified atom stereocenters. The van der Waals surface area contributed by atoms with Gasteiger partial charge in [0.25, 0.3) is 11.8 Å². The molecular formula is C41H62N6O7. The summed E-state index contributed by atoms with van der Waals surface area (Å²) < 4.78 is 0. The minimum absolute atomic E-state index is 0.00226. The maximum absolute atomic E-state index is 14.9. The number of ketones is 2. The summed E-state index contributed by atoms with van der Waals surface area (Å²) >= 11 is 0. The lowest BCUT2D eigenvalue weighted by atomic mass is 9.81. The summed E-state index contributed by atoms with van der Waals surface area (Å²) in [6.07, 6.45) is 10.8. The number of nitrogens with zero attached hydrogens (tertiary/aromatic N) is 1. The Balaban J connectivity index is 1.40. The predicted octanol–water partition coefficient (Wildman–Crippen LogP) is 4.34. The number of carbonyl (C=O) groups is 7. The van der Waals surface area contributed by atoms with Crippen molar-refractivity contribution >= 4 is 41.1 Å². The number of aromatic nitrogens is 1. The number of rotatable bonds is 14. The van der Waals surface area contributed by atoms with Crippen molar-refractivity contribution in [2.75, 3.05) is 0 Å². The summed E-state index contributed by atoms with van der Waals surface area (Å²) in [7, 11) is 0. The van der Waals surface area contributed by atoms with E-state index in [9.17, 15) is 33.6 Å². The van der Waals surface area contributed by atoms with E-state index in [-0.39, 0.29) is 41.3 Å². The molecule has 13 heteroatoms. The monoisotopic (exact) mass is 750 g/mol. The standard InChI is InChI=1S/C41H62N6O7/c1-8-14-28(34(49)39(53)43-27-19-20-27)44-36(50)30-21-26-17-12-13-18-29(26)47(30)40(54)35(41(5,6)7)46-38(52)33(25-15-10-9-11-16-25)45-37(51)32-22(2)31(24(4)48)23(3)42-32/h25-30,33,35,42H,8-21H2,1-7H3,(H,43,53)(H,44,50)(H,45,51)(H,46,52)/t26-,28-,29-,30-,33?,35+/m0/s1. The van der Waals surface area contributed by atoms with Gasteiger partial charge in [0, 0.05) is 23.3 Å². The van der Waals surface area contributed by atoms with Crippen LogP contribution < -0.4 is 21.3 Å². The van der Waals surface area contributed by atoms with E-state index in [1.165, 1.54) is 6.92 Å². The lowest BCUT2D eigenvalue weighted by molar-refractivity contribution is -0.147. The SMILES string of the molecule is CCC[C@H](NC(=O)[C@@H]1C[C@@H]2CCCC[C@@H]2N1C(=O)[C@@H](NC(=O)C(NC(=O)c1[nH]c(C)c(C(C)=O)c1C)C1CCCCC1)C(C)(C)C)C(=O)C(=O)NC1CC1. The molecule has 5 N–H and O–H groups in total.